The number of benzene rings is 2. The van der Waals surface area contributed by atoms with Crippen molar-refractivity contribution in [3.8, 4) is 5.75 Å². The molecular weight excluding hydrogens is 406 g/mol. The van der Waals surface area contributed by atoms with Crippen LogP contribution in [0.25, 0.3) is 0 Å². The molecule has 1 heterocycles. The fourth-order valence-corrected chi connectivity index (χ4v) is 3.55. The summed E-state index contributed by atoms with van der Waals surface area (Å²) in [5.74, 6) is 0.961. The maximum Gasteiger partial charge on any atom is 0.243 e. The Labute approximate surface area is 188 Å². The maximum absolute atomic E-state index is 12.3. The van der Waals surface area contributed by atoms with Crippen molar-refractivity contribution in [2.45, 2.75) is 47.6 Å². The van der Waals surface area contributed by atoms with E-state index in [1.54, 1.807) is 0 Å². The Hall–Kier alpha value is -3.61. The lowest BCUT2D eigenvalue weighted by Crippen LogP contribution is -2.34. The van der Waals surface area contributed by atoms with Crippen molar-refractivity contribution in [2.75, 3.05) is 11.9 Å². The van der Waals surface area contributed by atoms with Gasteiger partial charge in [0.05, 0.1) is 24.2 Å². The quantitative estimate of drug-likeness (QED) is 0.556. The lowest BCUT2D eigenvalue weighted by atomic mass is 10.1. The Kier molecular flexibility index (Phi) is 7.30. The minimum Gasteiger partial charge on any atom is -0.489 e. The second-order valence-corrected chi connectivity index (χ2v) is 8.01. The molecule has 0 fully saturated rings. The molecule has 2 amide bonds. The van der Waals surface area contributed by atoms with Crippen molar-refractivity contribution in [3.05, 3.63) is 75.7 Å². The molecule has 0 unspecified atom stereocenters. The number of hydrogen-bond donors (Lipinski definition) is 2. The molecule has 32 heavy (non-hydrogen) atoms. The van der Waals surface area contributed by atoms with Gasteiger partial charge in [0.1, 0.15) is 18.1 Å². The Bertz CT molecular complexity index is 1070. The van der Waals surface area contributed by atoms with Gasteiger partial charge in [0, 0.05) is 5.69 Å². The van der Waals surface area contributed by atoms with Crippen LogP contribution in [0.15, 0.2) is 40.9 Å². The largest absolute Gasteiger partial charge is 0.489 e. The van der Waals surface area contributed by atoms with E-state index in [4.69, 9.17) is 9.26 Å². The molecule has 0 aliphatic rings. The molecule has 0 radical (unpaired) electrons. The highest BCUT2D eigenvalue weighted by atomic mass is 16.5. The first kappa shape index (κ1) is 23.1. The number of nitrogens with one attached hydrogen (secondary N) is 2. The first-order chi connectivity index (χ1) is 15.2. The topological polar surface area (TPSA) is 93.5 Å². The van der Waals surface area contributed by atoms with Crippen LogP contribution in [0.4, 0.5) is 5.69 Å². The number of nitrogens with zero attached hydrogens (tertiary/aromatic N) is 1. The van der Waals surface area contributed by atoms with Crippen molar-refractivity contribution < 1.29 is 18.8 Å². The van der Waals surface area contributed by atoms with Crippen molar-refractivity contribution in [1.82, 2.24) is 10.5 Å². The van der Waals surface area contributed by atoms with E-state index in [0.29, 0.717) is 12.4 Å². The summed E-state index contributed by atoms with van der Waals surface area (Å²) >= 11 is 0. The van der Waals surface area contributed by atoms with Crippen LogP contribution < -0.4 is 15.4 Å². The molecular formula is C25H29N3O4. The number of amides is 2. The molecule has 0 saturated carbocycles. The zero-order chi connectivity index (χ0) is 23.3. The third kappa shape index (κ3) is 5.97. The lowest BCUT2D eigenvalue weighted by Gasteiger charge is -2.13. The van der Waals surface area contributed by atoms with E-state index < -0.39 is 0 Å². The Morgan fingerprint density at radius 3 is 2.22 bits per heavy atom. The summed E-state index contributed by atoms with van der Waals surface area (Å²) in [5.41, 5.74) is 6.51. The van der Waals surface area contributed by atoms with Crippen LogP contribution in [-0.2, 0) is 22.6 Å². The highest BCUT2D eigenvalue weighted by molar-refractivity contribution is 5.96. The van der Waals surface area contributed by atoms with Crippen molar-refractivity contribution in [3.63, 3.8) is 0 Å². The number of anilines is 1. The Balaban J connectivity index is 1.46. The van der Waals surface area contributed by atoms with Crippen molar-refractivity contribution in [2.24, 2.45) is 0 Å². The molecule has 1 aromatic heterocycles. The number of rotatable bonds is 8. The molecule has 7 heteroatoms. The van der Waals surface area contributed by atoms with Gasteiger partial charge < -0.3 is 19.9 Å². The Morgan fingerprint density at radius 1 is 0.969 bits per heavy atom. The van der Waals surface area contributed by atoms with Crippen LogP contribution >= 0.6 is 0 Å². The van der Waals surface area contributed by atoms with Crippen LogP contribution in [-0.4, -0.2) is 23.5 Å². The minimum atomic E-state index is -0.253. The highest BCUT2D eigenvalue weighted by Crippen LogP contribution is 2.22. The molecule has 0 spiro atoms. The zero-order valence-electron chi connectivity index (χ0n) is 19.2. The molecule has 0 aliphatic heterocycles. The summed E-state index contributed by atoms with van der Waals surface area (Å²) in [7, 11) is 0. The van der Waals surface area contributed by atoms with E-state index in [2.05, 4.69) is 15.8 Å². The molecule has 0 atom stereocenters. The van der Waals surface area contributed by atoms with Gasteiger partial charge in [-0.25, -0.2) is 0 Å². The van der Waals surface area contributed by atoms with E-state index in [0.717, 1.165) is 45.0 Å². The van der Waals surface area contributed by atoms with E-state index in [9.17, 15) is 9.59 Å². The first-order valence-corrected chi connectivity index (χ1v) is 10.5. The third-order valence-corrected chi connectivity index (χ3v) is 5.24. The molecule has 3 aromatic rings. The maximum atomic E-state index is 12.3. The van der Waals surface area contributed by atoms with Gasteiger partial charge in [-0.3, -0.25) is 9.59 Å². The predicted octanol–water partition coefficient (Wildman–Crippen LogP) is 4.09. The fourth-order valence-electron chi connectivity index (χ4n) is 3.55. The highest BCUT2D eigenvalue weighted by Gasteiger charge is 2.12. The van der Waals surface area contributed by atoms with Crippen molar-refractivity contribution in [1.29, 1.82) is 0 Å². The molecule has 0 bridgehead atoms. The van der Waals surface area contributed by atoms with Gasteiger partial charge in [-0.1, -0.05) is 35.0 Å². The summed E-state index contributed by atoms with van der Waals surface area (Å²) in [6, 6.07) is 11.3. The Morgan fingerprint density at radius 2 is 1.62 bits per heavy atom. The smallest absolute Gasteiger partial charge is 0.243 e. The first-order valence-electron chi connectivity index (χ1n) is 10.5. The summed E-state index contributed by atoms with van der Waals surface area (Å²) in [4.78, 5) is 24.5. The summed E-state index contributed by atoms with van der Waals surface area (Å²) < 4.78 is 10.9. The van der Waals surface area contributed by atoms with Crippen LogP contribution in [0.3, 0.4) is 0 Å². The normalized spacial score (nSPS) is 10.7. The van der Waals surface area contributed by atoms with Gasteiger partial charge >= 0.3 is 0 Å². The van der Waals surface area contributed by atoms with Gasteiger partial charge in [0.25, 0.3) is 0 Å². The molecule has 2 N–H and O–H groups in total. The SMILES string of the molecule is Cc1cc(C)c(NC(=O)CNC(=O)Cc2ccc(OCc3c(C)noc3C)cc2)c(C)c1. The predicted molar refractivity (Wildman–Crippen MR) is 123 cm³/mol. The number of carbonyl (C=O) groups is 2. The third-order valence-electron chi connectivity index (χ3n) is 5.24. The standard InChI is InChI=1S/C25H29N3O4/c1-15-10-16(2)25(17(3)11-15)27-24(30)13-26-23(29)12-20-6-8-21(9-7-20)31-14-22-18(4)28-32-19(22)5/h6-11H,12-14H2,1-5H3,(H,26,29)(H,27,30). The molecule has 2 aromatic carbocycles. The monoisotopic (exact) mass is 435 g/mol. The van der Waals surface area contributed by atoms with E-state index in [-0.39, 0.29) is 24.8 Å². The number of aryl methyl sites for hydroxylation is 5. The lowest BCUT2D eigenvalue weighted by molar-refractivity contribution is -0.123. The number of aromatic nitrogens is 1. The van der Waals surface area contributed by atoms with Crippen molar-refractivity contribution >= 4 is 17.5 Å². The summed E-state index contributed by atoms with van der Waals surface area (Å²) in [6.45, 7) is 9.94. The van der Waals surface area contributed by atoms with Crippen LogP contribution in [0, 0.1) is 34.6 Å². The van der Waals surface area contributed by atoms with Gasteiger partial charge in [-0.2, -0.15) is 0 Å². The van der Waals surface area contributed by atoms with Crippen LogP contribution in [0.5, 0.6) is 5.75 Å². The second kappa shape index (κ2) is 10.1. The summed E-state index contributed by atoms with van der Waals surface area (Å²) in [5, 5.41) is 9.47. The molecule has 3 rings (SSSR count). The molecule has 168 valence electrons. The van der Waals surface area contributed by atoms with E-state index in [1.165, 1.54) is 0 Å². The van der Waals surface area contributed by atoms with Gasteiger partial charge in [0.2, 0.25) is 11.8 Å². The van der Waals surface area contributed by atoms with Crippen LogP contribution in [0.2, 0.25) is 0 Å². The summed E-state index contributed by atoms with van der Waals surface area (Å²) in [6.07, 6.45) is 0.181. The number of carbonyl (C=O) groups excluding carboxylic acids is 2. The molecule has 0 saturated heterocycles. The average molecular weight is 436 g/mol. The average Bonchev–Trinajstić information content (AvgIpc) is 3.06. The van der Waals surface area contributed by atoms with Gasteiger partial charge in [-0.15, -0.1) is 0 Å². The zero-order valence-corrected chi connectivity index (χ0v) is 19.2. The number of hydrogen-bond acceptors (Lipinski definition) is 5. The van der Waals surface area contributed by atoms with Gasteiger partial charge in [0.15, 0.2) is 0 Å². The number of ether oxygens (including phenoxy) is 1. The van der Waals surface area contributed by atoms with E-state index in [1.807, 2.05) is 71.0 Å². The fraction of sp³-hybridized carbons (Fsp3) is 0.320. The second-order valence-electron chi connectivity index (χ2n) is 8.01. The van der Waals surface area contributed by atoms with Gasteiger partial charge in [-0.05, 0) is 63.4 Å². The van der Waals surface area contributed by atoms with Crippen LogP contribution in [0.1, 0.15) is 39.3 Å². The van der Waals surface area contributed by atoms with E-state index >= 15 is 0 Å². The minimum absolute atomic E-state index is 0.0791. The molecule has 7 nitrogen and oxygen atoms in total. The molecule has 0 aliphatic carbocycles.